The molecule has 5 rings (SSSR count). The van der Waals surface area contributed by atoms with Gasteiger partial charge in [0.2, 0.25) is 5.43 Å². The van der Waals surface area contributed by atoms with Crippen molar-refractivity contribution in [2.45, 2.75) is 44.3 Å². The second-order valence-electron chi connectivity index (χ2n) is 8.08. The molecule has 142 valence electrons. The summed E-state index contributed by atoms with van der Waals surface area (Å²) in [5.41, 5.74) is 1.25. The fourth-order valence-corrected chi connectivity index (χ4v) is 4.83. The predicted molar refractivity (Wildman–Crippen MR) is 100 cm³/mol. The minimum atomic E-state index is -1.26. The molecule has 1 saturated heterocycles. The zero-order valence-corrected chi connectivity index (χ0v) is 15.2. The van der Waals surface area contributed by atoms with Crippen molar-refractivity contribution in [1.29, 1.82) is 0 Å². The molecule has 1 saturated carbocycles. The minimum Gasteiger partial charge on any atom is -0.477 e. The van der Waals surface area contributed by atoms with Crippen LogP contribution in [-0.2, 0) is 6.54 Å². The van der Waals surface area contributed by atoms with Crippen LogP contribution >= 0.6 is 0 Å². The Hall–Kier alpha value is -2.41. The van der Waals surface area contributed by atoms with Crippen molar-refractivity contribution in [3.63, 3.8) is 0 Å². The Morgan fingerprint density at radius 2 is 2.04 bits per heavy atom. The number of pyridine rings is 1. The summed E-state index contributed by atoms with van der Waals surface area (Å²) in [7, 11) is 2.02. The van der Waals surface area contributed by atoms with Crippen molar-refractivity contribution in [3.8, 4) is 0 Å². The molecule has 1 atom stereocenters. The van der Waals surface area contributed by atoms with Gasteiger partial charge in [0, 0.05) is 48.9 Å². The third kappa shape index (κ3) is 2.48. The van der Waals surface area contributed by atoms with E-state index in [9.17, 15) is 14.7 Å². The van der Waals surface area contributed by atoms with E-state index in [0.717, 1.165) is 44.3 Å². The number of benzene rings is 1. The van der Waals surface area contributed by atoms with E-state index in [2.05, 4.69) is 9.80 Å². The molecule has 7 heteroatoms. The van der Waals surface area contributed by atoms with Gasteiger partial charge in [0.15, 0.2) is 0 Å². The lowest BCUT2D eigenvalue weighted by Crippen LogP contribution is -2.36. The summed E-state index contributed by atoms with van der Waals surface area (Å²) in [4.78, 5) is 28.7. The summed E-state index contributed by atoms with van der Waals surface area (Å²) in [5, 5.41) is 9.63. The van der Waals surface area contributed by atoms with Crippen LogP contribution in [0.5, 0.6) is 0 Å². The normalized spacial score (nSPS) is 22.6. The number of nitrogens with zero attached hydrogens (tertiary/aromatic N) is 3. The van der Waals surface area contributed by atoms with E-state index < -0.39 is 17.2 Å². The maximum Gasteiger partial charge on any atom is 0.341 e. The van der Waals surface area contributed by atoms with E-state index >= 15 is 4.39 Å². The maximum atomic E-state index is 15.3. The van der Waals surface area contributed by atoms with E-state index in [4.69, 9.17) is 0 Å². The van der Waals surface area contributed by atoms with Crippen molar-refractivity contribution < 1.29 is 14.3 Å². The van der Waals surface area contributed by atoms with Crippen molar-refractivity contribution in [3.05, 3.63) is 39.4 Å². The molecular weight excluding hydrogens is 349 g/mol. The molecule has 1 aromatic carbocycles. The van der Waals surface area contributed by atoms with Crippen LogP contribution in [0.3, 0.4) is 0 Å². The largest absolute Gasteiger partial charge is 0.477 e. The third-order valence-electron chi connectivity index (χ3n) is 6.13. The Labute approximate surface area is 155 Å². The molecule has 1 N–H and O–H groups in total. The number of fused-ring (bicyclic) bond motifs is 5. The molecule has 0 radical (unpaired) electrons. The first kappa shape index (κ1) is 16.7. The van der Waals surface area contributed by atoms with Gasteiger partial charge in [-0.15, -0.1) is 0 Å². The van der Waals surface area contributed by atoms with Crippen LogP contribution in [0.15, 0.2) is 17.1 Å². The van der Waals surface area contributed by atoms with Crippen molar-refractivity contribution in [1.82, 2.24) is 9.47 Å². The molecule has 2 aliphatic heterocycles. The summed E-state index contributed by atoms with van der Waals surface area (Å²) < 4.78 is 17.2. The van der Waals surface area contributed by atoms with Gasteiger partial charge in [0.1, 0.15) is 11.4 Å². The summed E-state index contributed by atoms with van der Waals surface area (Å²) in [5.74, 6) is -1.68. The highest BCUT2D eigenvalue weighted by molar-refractivity contribution is 5.95. The number of halogens is 1. The van der Waals surface area contributed by atoms with E-state index in [1.54, 1.807) is 0 Å². The highest BCUT2D eigenvalue weighted by atomic mass is 19.1. The number of hydrogen-bond acceptors (Lipinski definition) is 4. The minimum absolute atomic E-state index is 0.184. The molecule has 0 bridgehead atoms. The first-order chi connectivity index (χ1) is 13.0. The topological polar surface area (TPSA) is 65.8 Å². The first-order valence-electron chi connectivity index (χ1n) is 9.54. The fourth-order valence-electron chi connectivity index (χ4n) is 4.83. The number of anilines is 1. The predicted octanol–water partition coefficient (Wildman–Crippen LogP) is 2.59. The van der Waals surface area contributed by atoms with Gasteiger partial charge >= 0.3 is 5.97 Å². The van der Waals surface area contributed by atoms with Crippen LogP contribution < -0.4 is 10.3 Å². The van der Waals surface area contributed by atoms with Gasteiger partial charge in [-0.2, -0.15) is 0 Å². The van der Waals surface area contributed by atoms with Crippen molar-refractivity contribution in [2.75, 3.05) is 25.0 Å². The second kappa shape index (κ2) is 5.79. The second-order valence-corrected chi connectivity index (χ2v) is 8.08. The Morgan fingerprint density at radius 1 is 1.26 bits per heavy atom. The van der Waals surface area contributed by atoms with Crippen LogP contribution in [0.4, 0.5) is 10.1 Å². The number of rotatable bonds is 2. The molecule has 0 amide bonds. The average molecular weight is 371 g/mol. The molecule has 6 nitrogen and oxygen atoms in total. The van der Waals surface area contributed by atoms with Crippen LogP contribution in [0.1, 0.15) is 47.6 Å². The highest BCUT2D eigenvalue weighted by Gasteiger charge is 2.36. The van der Waals surface area contributed by atoms with Gasteiger partial charge in [-0.1, -0.05) is 0 Å². The van der Waals surface area contributed by atoms with Crippen molar-refractivity contribution in [2.24, 2.45) is 0 Å². The van der Waals surface area contributed by atoms with Crippen molar-refractivity contribution >= 4 is 22.6 Å². The van der Waals surface area contributed by atoms with Crippen LogP contribution in [-0.4, -0.2) is 46.7 Å². The average Bonchev–Trinajstić information content (AvgIpc) is 3.38. The summed E-state index contributed by atoms with van der Waals surface area (Å²) in [6.07, 6.45) is 5.43. The van der Waals surface area contributed by atoms with Crippen LogP contribution in [0.2, 0.25) is 0 Å². The molecule has 3 heterocycles. The van der Waals surface area contributed by atoms with Crippen LogP contribution in [0, 0.1) is 5.82 Å². The summed E-state index contributed by atoms with van der Waals surface area (Å²) in [6, 6.07) is 1.73. The Balaban J connectivity index is 1.89. The van der Waals surface area contributed by atoms with E-state index in [-0.39, 0.29) is 23.0 Å². The number of aromatic carboxylic acids is 1. The van der Waals surface area contributed by atoms with E-state index in [1.807, 2.05) is 11.6 Å². The quantitative estimate of drug-likeness (QED) is 0.879. The molecule has 0 spiro atoms. The Kier molecular flexibility index (Phi) is 3.59. The van der Waals surface area contributed by atoms with Gasteiger partial charge in [-0.3, -0.25) is 9.69 Å². The summed E-state index contributed by atoms with van der Waals surface area (Å²) in [6.45, 7) is 2.22. The first-order valence-corrected chi connectivity index (χ1v) is 9.54. The number of hydrogen-bond donors (Lipinski definition) is 1. The molecule has 1 aliphatic carbocycles. The molecule has 27 heavy (non-hydrogen) atoms. The fraction of sp³-hybridized carbons (Fsp3) is 0.500. The van der Waals surface area contributed by atoms with Gasteiger partial charge < -0.3 is 14.6 Å². The number of carboxylic acid groups (broad SMARTS) is 1. The number of likely N-dealkylation sites (N-methyl/N-ethyl adjacent to an activating group) is 1. The molecule has 2 fully saturated rings. The van der Waals surface area contributed by atoms with E-state index in [1.165, 1.54) is 12.3 Å². The standard InChI is InChI=1S/C20H22FN3O3/c1-22-8-12-3-2-6-23(12)18-14(9-22)17-13(7-16(18)21)19(25)15(20(26)27)10-24(17)11-4-5-11/h7,10-12H,2-6,8-9H2,1H3,(H,26,27). The molecule has 1 unspecified atom stereocenters. The monoisotopic (exact) mass is 371 g/mol. The van der Waals surface area contributed by atoms with Gasteiger partial charge in [-0.05, 0) is 38.8 Å². The zero-order valence-electron chi connectivity index (χ0n) is 15.2. The number of aromatic nitrogens is 1. The van der Waals surface area contributed by atoms with E-state index in [0.29, 0.717) is 17.7 Å². The molecule has 2 aromatic rings. The number of carboxylic acids is 1. The Morgan fingerprint density at radius 3 is 2.74 bits per heavy atom. The molecular formula is C20H22FN3O3. The van der Waals surface area contributed by atoms with Gasteiger partial charge in [0.25, 0.3) is 0 Å². The Bertz CT molecular complexity index is 1030. The molecule has 3 aliphatic rings. The van der Waals surface area contributed by atoms with Gasteiger partial charge in [0.05, 0.1) is 11.2 Å². The maximum absolute atomic E-state index is 15.3. The third-order valence-corrected chi connectivity index (χ3v) is 6.13. The zero-order chi connectivity index (χ0) is 18.9. The highest BCUT2D eigenvalue weighted by Crippen LogP contribution is 2.42. The lowest BCUT2D eigenvalue weighted by Gasteiger charge is -2.27. The summed E-state index contributed by atoms with van der Waals surface area (Å²) >= 11 is 0. The number of carbonyl (C=O) groups is 1. The lowest BCUT2D eigenvalue weighted by atomic mass is 10.0. The van der Waals surface area contributed by atoms with Gasteiger partial charge in [-0.25, -0.2) is 9.18 Å². The smallest absolute Gasteiger partial charge is 0.341 e. The SMILES string of the molecule is CN1Cc2c(c(F)cc3c(=O)c(C(=O)O)cn(C4CC4)c23)N2CCCC2C1. The molecule has 1 aromatic heterocycles. The van der Waals surface area contributed by atoms with Crippen LogP contribution in [0.25, 0.3) is 10.9 Å². The lowest BCUT2D eigenvalue weighted by molar-refractivity contribution is 0.0695.